The Bertz CT molecular complexity index is 1030. The third kappa shape index (κ3) is 1.75. The van der Waals surface area contributed by atoms with Crippen molar-refractivity contribution in [1.82, 2.24) is 14.5 Å². The molecule has 0 atom stereocenters. The van der Waals surface area contributed by atoms with Gasteiger partial charge in [-0.2, -0.15) is 0 Å². The Morgan fingerprint density at radius 1 is 1.23 bits per heavy atom. The number of rotatable bonds is 2. The standard InChI is InChI=1S/C17H12FN3O/c1-21-15-8-10(18)6-7-14(15)20-17(21)16(22)12-9-19-13-5-3-2-4-11(12)13/h2-9,19H,1H3. The maximum atomic E-state index is 13.4. The molecule has 22 heavy (non-hydrogen) atoms. The van der Waals surface area contributed by atoms with Crippen LogP contribution >= 0.6 is 0 Å². The highest BCUT2D eigenvalue weighted by molar-refractivity contribution is 6.15. The van der Waals surface area contributed by atoms with Crippen molar-refractivity contribution in [3.05, 3.63) is 65.9 Å². The number of carbonyl (C=O) groups excluding carboxylic acids is 1. The number of aromatic amines is 1. The molecular weight excluding hydrogens is 281 g/mol. The highest BCUT2D eigenvalue weighted by atomic mass is 19.1. The number of aryl methyl sites for hydroxylation is 1. The number of nitrogens with zero attached hydrogens (tertiary/aromatic N) is 2. The van der Waals surface area contributed by atoms with Crippen LogP contribution in [-0.4, -0.2) is 20.3 Å². The Morgan fingerprint density at radius 3 is 2.91 bits per heavy atom. The molecule has 0 saturated carbocycles. The van der Waals surface area contributed by atoms with Crippen molar-refractivity contribution in [2.24, 2.45) is 7.05 Å². The van der Waals surface area contributed by atoms with Crippen LogP contribution in [0.4, 0.5) is 4.39 Å². The predicted molar refractivity (Wildman–Crippen MR) is 82.4 cm³/mol. The van der Waals surface area contributed by atoms with Gasteiger partial charge in [0.15, 0.2) is 5.82 Å². The number of hydrogen-bond acceptors (Lipinski definition) is 2. The molecule has 0 unspecified atom stereocenters. The SMILES string of the molecule is Cn1c(C(=O)c2c[nH]c3ccccc23)nc2ccc(F)cc21. The number of halogens is 1. The smallest absolute Gasteiger partial charge is 0.230 e. The molecule has 4 nitrogen and oxygen atoms in total. The number of imidazole rings is 1. The van der Waals surface area contributed by atoms with Gasteiger partial charge in [0.2, 0.25) is 5.78 Å². The average molecular weight is 293 g/mol. The molecule has 0 radical (unpaired) electrons. The maximum absolute atomic E-state index is 13.4. The van der Waals surface area contributed by atoms with E-state index in [1.807, 2.05) is 24.3 Å². The highest BCUT2D eigenvalue weighted by Gasteiger charge is 2.20. The van der Waals surface area contributed by atoms with Crippen molar-refractivity contribution in [3.8, 4) is 0 Å². The van der Waals surface area contributed by atoms with Crippen molar-refractivity contribution >= 4 is 27.7 Å². The summed E-state index contributed by atoms with van der Waals surface area (Å²) in [6.45, 7) is 0. The van der Waals surface area contributed by atoms with E-state index >= 15 is 0 Å². The third-order valence-electron chi connectivity index (χ3n) is 3.88. The molecular formula is C17H12FN3O. The van der Waals surface area contributed by atoms with Crippen molar-refractivity contribution in [2.45, 2.75) is 0 Å². The Hall–Kier alpha value is -2.95. The molecule has 0 aliphatic rings. The van der Waals surface area contributed by atoms with E-state index < -0.39 is 0 Å². The van der Waals surface area contributed by atoms with Crippen molar-refractivity contribution < 1.29 is 9.18 Å². The molecule has 0 aliphatic carbocycles. The molecule has 0 aliphatic heterocycles. The summed E-state index contributed by atoms with van der Waals surface area (Å²) in [5, 5.41) is 0.853. The van der Waals surface area contributed by atoms with Crippen LogP contribution in [0.1, 0.15) is 16.2 Å². The molecule has 0 fully saturated rings. The summed E-state index contributed by atoms with van der Waals surface area (Å²) in [6, 6.07) is 11.9. The zero-order valence-corrected chi connectivity index (χ0v) is 11.8. The average Bonchev–Trinajstić information content (AvgIpc) is 3.09. The van der Waals surface area contributed by atoms with Gasteiger partial charge in [0.05, 0.1) is 16.6 Å². The summed E-state index contributed by atoms with van der Waals surface area (Å²) < 4.78 is 15.0. The van der Waals surface area contributed by atoms with Crippen LogP contribution in [0, 0.1) is 5.82 Å². The first-order valence-electron chi connectivity index (χ1n) is 6.88. The predicted octanol–water partition coefficient (Wildman–Crippen LogP) is 3.42. The van der Waals surface area contributed by atoms with Crippen LogP contribution in [0.3, 0.4) is 0 Å². The monoisotopic (exact) mass is 293 g/mol. The second-order valence-electron chi connectivity index (χ2n) is 5.20. The second kappa shape index (κ2) is 4.53. The number of fused-ring (bicyclic) bond motifs is 2. The van der Waals surface area contributed by atoms with E-state index in [0.717, 1.165) is 10.9 Å². The first kappa shape index (κ1) is 12.8. The molecule has 2 aromatic carbocycles. The van der Waals surface area contributed by atoms with E-state index in [9.17, 15) is 9.18 Å². The van der Waals surface area contributed by atoms with E-state index in [2.05, 4.69) is 9.97 Å². The van der Waals surface area contributed by atoms with E-state index in [1.165, 1.54) is 12.1 Å². The van der Waals surface area contributed by atoms with Gasteiger partial charge >= 0.3 is 0 Å². The lowest BCUT2D eigenvalue weighted by Crippen LogP contribution is -2.08. The topological polar surface area (TPSA) is 50.7 Å². The fourth-order valence-corrected chi connectivity index (χ4v) is 2.75. The number of carbonyl (C=O) groups is 1. The van der Waals surface area contributed by atoms with Crippen LogP contribution in [0.25, 0.3) is 21.9 Å². The number of aromatic nitrogens is 3. The van der Waals surface area contributed by atoms with Gasteiger partial charge in [0.25, 0.3) is 0 Å². The van der Waals surface area contributed by atoms with Gasteiger partial charge in [0.1, 0.15) is 5.82 Å². The van der Waals surface area contributed by atoms with Crippen molar-refractivity contribution in [2.75, 3.05) is 0 Å². The van der Waals surface area contributed by atoms with Gasteiger partial charge in [-0.3, -0.25) is 4.79 Å². The zero-order chi connectivity index (χ0) is 15.3. The minimum absolute atomic E-state index is 0.184. The highest BCUT2D eigenvalue weighted by Crippen LogP contribution is 2.23. The number of para-hydroxylation sites is 1. The molecule has 0 amide bonds. The minimum atomic E-state index is -0.346. The van der Waals surface area contributed by atoms with Crippen molar-refractivity contribution in [1.29, 1.82) is 0 Å². The third-order valence-corrected chi connectivity index (χ3v) is 3.88. The largest absolute Gasteiger partial charge is 0.360 e. The molecule has 0 saturated heterocycles. The van der Waals surface area contributed by atoms with Crippen molar-refractivity contribution in [3.63, 3.8) is 0 Å². The van der Waals surface area contributed by atoms with Gasteiger partial charge in [-0.1, -0.05) is 18.2 Å². The van der Waals surface area contributed by atoms with Crippen LogP contribution < -0.4 is 0 Å². The molecule has 5 heteroatoms. The number of ketones is 1. The Kier molecular flexibility index (Phi) is 2.63. The van der Waals surface area contributed by atoms with E-state index in [1.54, 1.807) is 23.9 Å². The molecule has 1 N–H and O–H groups in total. The molecule has 4 rings (SSSR count). The van der Waals surface area contributed by atoms with Gasteiger partial charge in [-0.25, -0.2) is 9.37 Å². The summed E-state index contributed by atoms with van der Waals surface area (Å²) in [7, 11) is 1.72. The zero-order valence-electron chi connectivity index (χ0n) is 11.8. The van der Waals surface area contributed by atoms with Crippen LogP contribution in [-0.2, 0) is 7.05 Å². The van der Waals surface area contributed by atoms with Gasteiger partial charge < -0.3 is 9.55 Å². The van der Waals surface area contributed by atoms with Crippen LogP contribution in [0.15, 0.2) is 48.7 Å². The minimum Gasteiger partial charge on any atom is -0.360 e. The van der Waals surface area contributed by atoms with Gasteiger partial charge in [0, 0.05) is 24.1 Å². The van der Waals surface area contributed by atoms with E-state index in [-0.39, 0.29) is 11.6 Å². The quantitative estimate of drug-likeness (QED) is 0.576. The number of benzene rings is 2. The Balaban J connectivity index is 1.91. The number of hydrogen-bond donors (Lipinski definition) is 1. The molecule has 0 bridgehead atoms. The number of H-pyrrole nitrogens is 1. The molecule has 108 valence electrons. The number of nitrogens with one attached hydrogen (secondary N) is 1. The summed E-state index contributed by atoms with van der Waals surface area (Å²) >= 11 is 0. The van der Waals surface area contributed by atoms with Gasteiger partial charge in [-0.15, -0.1) is 0 Å². The summed E-state index contributed by atoms with van der Waals surface area (Å²) in [4.78, 5) is 20.2. The van der Waals surface area contributed by atoms with Crippen LogP contribution in [0.5, 0.6) is 0 Å². The fourth-order valence-electron chi connectivity index (χ4n) is 2.75. The van der Waals surface area contributed by atoms with E-state index in [4.69, 9.17) is 0 Å². The lowest BCUT2D eigenvalue weighted by Gasteiger charge is -2.01. The summed E-state index contributed by atoms with van der Waals surface area (Å²) in [5.74, 6) is -0.233. The lowest BCUT2D eigenvalue weighted by atomic mass is 10.1. The first-order valence-corrected chi connectivity index (χ1v) is 6.88. The van der Waals surface area contributed by atoms with Gasteiger partial charge in [-0.05, 0) is 24.3 Å². The fraction of sp³-hybridized carbons (Fsp3) is 0.0588. The molecule has 2 heterocycles. The molecule has 0 spiro atoms. The summed E-state index contributed by atoms with van der Waals surface area (Å²) in [5.41, 5.74) is 2.67. The Labute approximate surface area is 125 Å². The first-order chi connectivity index (χ1) is 10.6. The second-order valence-corrected chi connectivity index (χ2v) is 5.20. The van der Waals surface area contributed by atoms with Crippen LogP contribution in [0.2, 0.25) is 0 Å². The summed E-state index contributed by atoms with van der Waals surface area (Å²) in [6.07, 6.45) is 1.69. The lowest BCUT2D eigenvalue weighted by molar-refractivity contribution is 0.102. The maximum Gasteiger partial charge on any atom is 0.230 e. The Morgan fingerprint density at radius 2 is 2.05 bits per heavy atom. The normalized spacial score (nSPS) is 11.4. The molecule has 2 aromatic heterocycles. The van der Waals surface area contributed by atoms with E-state index in [0.29, 0.717) is 22.4 Å². The molecule has 4 aromatic rings.